The van der Waals surface area contributed by atoms with Gasteiger partial charge in [0.25, 0.3) is 0 Å². The molecular weight excluding hydrogens is 338 g/mol. The minimum atomic E-state index is -0.243. The van der Waals surface area contributed by atoms with E-state index in [9.17, 15) is 9.90 Å². The predicted molar refractivity (Wildman–Crippen MR) is 106 cm³/mol. The number of urea groups is 1. The lowest BCUT2D eigenvalue weighted by atomic mass is 9.53. The number of rotatable bonds is 3. The smallest absolute Gasteiger partial charge is 0.335 e. The van der Waals surface area contributed by atoms with E-state index in [2.05, 4.69) is 15.8 Å². The lowest BCUT2D eigenvalue weighted by molar-refractivity contribution is -0.0135. The molecule has 0 aliphatic heterocycles. The first-order chi connectivity index (χ1) is 13.1. The molecular formula is C22H25N3O2. The quantitative estimate of drug-likeness (QED) is 0.566. The van der Waals surface area contributed by atoms with Gasteiger partial charge < -0.3 is 10.4 Å². The number of nitrogens with one attached hydrogen (secondary N) is 2. The number of amides is 2. The van der Waals surface area contributed by atoms with Crippen molar-refractivity contribution >= 4 is 23.0 Å². The van der Waals surface area contributed by atoms with Crippen LogP contribution in [0.5, 0.6) is 5.75 Å². The highest BCUT2D eigenvalue weighted by Crippen LogP contribution is 2.55. The van der Waals surface area contributed by atoms with Crippen molar-refractivity contribution in [2.45, 2.75) is 44.1 Å². The maximum atomic E-state index is 12.5. The van der Waals surface area contributed by atoms with Crippen LogP contribution in [0.25, 0.3) is 10.8 Å². The monoisotopic (exact) mass is 363 g/mol. The number of aromatic hydroxyl groups is 1. The Kier molecular flexibility index (Phi) is 3.85. The van der Waals surface area contributed by atoms with Gasteiger partial charge in [-0.3, -0.25) is 0 Å². The first-order valence-corrected chi connectivity index (χ1v) is 9.92. The molecule has 5 heteroatoms. The second-order valence-corrected chi connectivity index (χ2v) is 8.74. The third kappa shape index (κ3) is 3.05. The highest BCUT2D eigenvalue weighted by molar-refractivity contribution is 6.02. The summed E-state index contributed by atoms with van der Waals surface area (Å²) in [6, 6.07) is 11.1. The molecule has 0 heterocycles. The number of hydrogen-bond acceptors (Lipinski definition) is 3. The van der Waals surface area contributed by atoms with Crippen molar-refractivity contribution in [3.63, 3.8) is 0 Å². The van der Waals surface area contributed by atoms with Crippen LogP contribution in [0.4, 0.5) is 4.79 Å². The molecule has 140 valence electrons. The third-order valence-electron chi connectivity index (χ3n) is 6.72. The number of nitrogens with zero attached hydrogens (tertiary/aromatic N) is 1. The summed E-state index contributed by atoms with van der Waals surface area (Å²) >= 11 is 0. The largest absolute Gasteiger partial charge is 0.507 e. The highest BCUT2D eigenvalue weighted by Gasteiger charge is 2.51. The number of hydrazone groups is 1. The summed E-state index contributed by atoms with van der Waals surface area (Å²) in [5, 5.41) is 19.4. The fraction of sp³-hybridized carbons (Fsp3) is 0.455. The van der Waals surface area contributed by atoms with E-state index in [-0.39, 0.29) is 17.3 Å². The normalized spacial score (nSPS) is 31.5. The van der Waals surface area contributed by atoms with Gasteiger partial charge in [-0.15, -0.1) is 0 Å². The molecule has 4 aliphatic carbocycles. The topological polar surface area (TPSA) is 73.7 Å². The van der Waals surface area contributed by atoms with Crippen LogP contribution in [0.15, 0.2) is 41.5 Å². The van der Waals surface area contributed by atoms with Crippen LogP contribution in [-0.4, -0.2) is 22.9 Å². The Labute approximate surface area is 158 Å². The summed E-state index contributed by atoms with van der Waals surface area (Å²) in [7, 11) is 0. The molecule has 2 amide bonds. The fourth-order valence-corrected chi connectivity index (χ4v) is 6.11. The predicted octanol–water partition coefficient (Wildman–Crippen LogP) is 4.15. The van der Waals surface area contributed by atoms with Gasteiger partial charge in [-0.2, -0.15) is 5.10 Å². The Morgan fingerprint density at radius 1 is 1.04 bits per heavy atom. The molecule has 0 aromatic heterocycles. The van der Waals surface area contributed by atoms with Crippen LogP contribution >= 0.6 is 0 Å². The Balaban J connectivity index is 1.28. The molecule has 4 bridgehead atoms. The molecule has 4 aliphatic rings. The van der Waals surface area contributed by atoms with E-state index in [0.29, 0.717) is 5.56 Å². The van der Waals surface area contributed by atoms with Crippen molar-refractivity contribution in [2.24, 2.45) is 22.9 Å². The van der Waals surface area contributed by atoms with Crippen LogP contribution in [0, 0.1) is 17.8 Å². The first kappa shape index (κ1) is 16.6. The molecule has 5 nitrogen and oxygen atoms in total. The van der Waals surface area contributed by atoms with Crippen LogP contribution in [0.3, 0.4) is 0 Å². The molecule has 2 aromatic rings. The zero-order chi connectivity index (χ0) is 18.4. The number of benzene rings is 2. The molecule has 6 rings (SSSR count). The number of phenols is 1. The summed E-state index contributed by atoms with van der Waals surface area (Å²) in [6.07, 6.45) is 8.90. The van der Waals surface area contributed by atoms with E-state index < -0.39 is 0 Å². The van der Waals surface area contributed by atoms with E-state index in [1.165, 1.54) is 25.5 Å². The standard InChI is InChI=1S/C22H25N3O2/c26-20-6-5-17-3-1-2-4-18(17)19(20)13-23-25-21(27)24-22-10-14-7-15(11-22)9-16(8-14)12-22/h1-6,13-16,26H,7-12H2,(H2,24,25,27)/b23-13-. The summed E-state index contributed by atoms with van der Waals surface area (Å²) in [4.78, 5) is 12.5. The second kappa shape index (κ2) is 6.25. The molecule has 0 atom stereocenters. The Bertz CT molecular complexity index is 886. The van der Waals surface area contributed by atoms with Gasteiger partial charge >= 0.3 is 6.03 Å². The number of carbonyl (C=O) groups excluding carboxylic acids is 1. The number of fused-ring (bicyclic) bond motifs is 1. The third-order valence-corrected chi connectivity index (χ3v) is 6.72. The molecule has 0 saturated heterocycles. The minimum absolute atomic E-state index is 0.0318. The van der Waals surface area contributed by atoms with Crippen LogP contribution in [0.2, 0.25) is 0 Å². The number of phenolic OH excluding ortho intramolecular Hbond substituents is 1. The average Bonchev–Trinajstić information content (AvgIpc) is 2.62. The van der Waals surface area contributed by atoms with Crippen molar-refractivity contribution in [1.82, 2.24) is 10.7 Å². The second-order valence-electron chi connectivity index (χ2n) is 8.74. The summed E-state index contributed by atoms with van der Waals surface area (Å²) in [5.74, 6) is 2.51. The van der Waals surface area contributed by atoms with Crippen molar-refractivity contribution in [3.8, 4) is 5.75 Å². The SMILES string of the molecule is O=C(N/N=C\c1c(O)ccc2ccccc12)NC12CC3CC(CC(C3)C1)C2. The molecule has 0 unspecified atom stereocenters. The molecule has 4 saturated carbocycles. The van der Waals surface area contributed by atoms with Gasteiger partial charge in [0, 0.05) is 11.1 Å². The highest BCUT2D eigenvalue weighted by atomic mass is 16.3. The first-order valence-electron chi connectivity index (χ1n) is 9.92. The van der Waals surface area contributed by atoms with Crippen molar-refractivity contribution in [2.75, 3.05) is 0 Å². The Morgan fingerprint density at radius 2 is 1.70 bits per heavy atom. The van der Waals surface area contributed by atoms with Crippen LogP contribution < -0.4 is 10.7 Å². The fourth-order valence-electron chi connectivity index (χ4n) is 6.11. The van der Waals surface area contributed by atoms with Crippen LogP contribution in [-0.2, 0) is 0 Å². The van der Waals surface area contributed by atoms with E-state index in [4.69, 9.17) is 0 Å². The molecule has 0 spiro atoms. The summed E-state index contributed by atoms with van der Waals surface area (Å²) < 4.78 is 0. The Hall–Kier alpha value is -2.56. The minimum Gasteiger partial charge on any atom is -0.507 e. The summed E-state index contributed by atoms with van der Waals surface area (Å²) in [5.41, 5.74) is 3.19. The molecule has 4 fully saturated rings. The molecule has 2 aromatic carbocycles. The Morgan fingerprint density at radius 3 is 2.41 bits per heavy atom. The lowest BCUT2D eigenvalue weighted by Gasteiger charge is -2.56. The zero-order valence-corrected chi connectivity index (χ0v) is 15.3. The van der Waals surface area contributed by atoms with E-state index in [1.807, 2.05) is 30.3 Å². The van der Waals surface area contributed by atoms with Gasteiger partial charge in [0.05, 0.1) is 6.21 Å². The maximum absolute atomic E-state index is 12.5. The van der Waals surface area contributed by atoms with Gasteiger partial charge in [-0.1, -0.05) is 30.3 Å². The van der Waals surface area contributed by atoms with E-state index >= 15 is 0 Å². The number of hydrogen-bond donors (Lipinski definition) is 3. The van der Waals surface area contributed by atoms with Gasteiger partial charge in [-0.25, -0.2) is 10.2 Å². The van der Waals surface area contributed by atoms with Crippen molar-refractivity contribution in [1.29, 1.82) is 0 Å². The lowest BCUT2D eigenvalue weighted by Crippen LogP contribution is -2.61. The van der Waals surface area contributed by atoms with Crippen molar-refractivity contribution in [3.05, 3.63) is 42.0 Å². The molecule has 3 N–H and O–H groups in total. The zero-order valence-electron chi connectivity index (χ0n) is 15.3. The average molecular weight is 363 g/mol. The van der Waals surface area contributed by atoms with Crippen molar-refractivity contribution < 1.29 is 9.90 Å². The van der Waals surface area contributed by atoms with Crippen LogP contribution in [0.1, 0.15) is 44.1 Å². The summed E-state index contributed by atoms with van der Waals surface area (Å²) in [6.45, 7) is 0. The van der Waals surface area contributed by atoms with Gasteiger partial charge in [0.2, 0.25) is 0 Å². The van der Waals surface area contributed by atoms with Gasteiger partial charge in [-0.05, 0) is 73.1 Å². The van der Waals surface area contributed by atoms with Gasteiger partial charge in [0.15, 0.2) is 0 Å². The number of carbonyl (C=O) groups is 1. The van der Waals surface area contributed by atoms with E-state index in [1.54, 1.807) is 6.07 Å². The molecule has 27 heavy (non-hydrogen) atoms. The maximum Gasteiger partial charge on any atom is 0.335 e. The van der Waals surface area contributed by atoms with Gasteiger partial charge in [0.1, 0.15) is 5.75 Å². The van der Waals surface area contributed by atoms with E-state index in [0.717, 1.165) is 47.8 Å². The molecule has 0 radical (unpaired) electrons.